The van der Waals surface area contributed by atoms with Crippen molar-refractivity contribution in [1.29, 1.82) is 0 Å². The number of halogens is 1. The van der Waals surface area contributed by atoms with Crippen molar-refractivity contribution in [1.82, 2.24) is 4.90 Å². The summed E-state index contributed by atoms with van der Waals surface area (Å²) in [7, 11) is 0. The molecule has 0 aliphatic heterocycles. The van der Waals surface area contributed by atoms with Crippen molar-refractivity contribution in [2.75, 3.05) is 13.1 Å². The number of carbonyl (C=O) groups excluding carboxylic acids is 1. The first-order valence-corrected chi connectivity index (χ1v) is 7.68. The van der Waals surface area contributed by atoms with Crippen LogP contribution in [0.25, 0.3) is 0 Å². The number of hydrogen-bond acceptors (Lipinski definition) is 3. The molecule has 114 valence electrons. The zero-order chi connectivity index (χ0) is 15.4. The number of hydrogen-bond donors (Lipinski definition) is 1. The molecule has 0 spiro atoms. The molecule has 1 amide bonds. The van der Waals surface area contributed by atoms with E-state index in [0.29, 0.717) is 18.2 Å². The quantitative estimate of drug-likeness (QED) is 0.815. The Labute approximate surface area is 132 Å². The van der Waals surface area contributed by atoms with E-state index in [9.17, 15) is 9.59 Å². The third kappa shape index (κ3) is 5.04. The number of amides is 1. The summed E-state index contributed by atoms with van der Waals surface area (Å²) in [6.07, 6.45) is 1.42. The van der Waals surface area contributed by atoms with Gasteiger partial charge in [-0.2, -0.15) is 0 Å². The molecule has 1 aliphatic rings. The van der Waals surface area contributed by atoms with Crippen LogP contribution in [0.3, 0.4) is 0 Å². The van der Waals surface area contributed by atoms with Crippen molar-refractivity contribution >= 4 is 27.8 Å². The van der Waals surface area contributed by atoms with Gasteiger partial charge in [0.25, 0.3) is 5.91 Å². The summed E-state index contributed by atoms with van der Waals surface area (Å²) in [5, 5.41) is 8.93. The first-order chi connectivity index (χ1) is 9.95. The smallest absolute Gasteiger partial charge is 0.323 e. The summed E-state index contributed by atoms with van der Waals surface area (Å²) < 4.78 is 6.52. The minimum Gasteiger partial charge on any atom is -0.481 e. The molecule has 1 unspecified atom stereocenters. The topological polar surface area (TPSA) is 66.8 Å². The summed E-state index contributed by atoms with van der Waals surface area (Å²) in [5.41, 5.74) is 0. The van der Waals surface area contributed by atoms with Gasteiger partial charge in [0, 0.05) is 11.0 Å². The normalized spacial score (nSPS) is 15.3. The highest BCUT2D eigenvalue weighted by Gasteiger charge is 2.30. The molecule has 0 aromatic heterocycles. The average molecular weight is 356 g/mol. The predicted octanol–water partition coefficient (Wildman–Crippen LogP) is 2.54. The standard InChI is InChI=1S/C15H18BrNO4/c1-10(21-13-6-4-12(16)5-7-13)15(20)17(9-14(18)19)8-11-2-3-11/h4-7,10-11H,2-3,8-9H2,1H3,(H,18,19). The van der Waals surface area contributed by atoms with Gasteiger partial charge in [-0.1, -0.05) is 15.9 Å². The molecular weight excluding hydrogens is 338 g/mol. The minimum absolute atomic E-state index is 0.274. The van der Waals surface area contributed by atoms with Gasteiger partial charge >= 0.3 is 5.97 Å². The van der Waals surface area contributed by atoms with Crippen LogP contribution in [-0.4, -0.2) is 41.1 Å². The summed E-state index contributed by atoms with van der Waals surface area (Å²) in [5.74, 6) is -0.263. The molecule has 0 bridgehead atoms. The van der Waals surface area contributed by atoms with Crippen LogP contribution in [0.2, 0.25) is 0 Å². The summed E-state index contributed by atoms with van der Waals surface area (Å²) in [6, 6.07) is 7.17. The van der Waals surface area contributed by atoms with Crippen molar-refractivity contribution in [2.45, 2.75) is 25.9 Å². The predicted molar refractivity (Wildman–Crippen MR) is 81.2 cm³/mol. The number of carboxylic acids is 1. The van der Waals surface area contributed by atoms with Gasteiger partial charge in [0.1, 0.15) is 12.3 Å². The Morgan fingerprint density at radius 3 is 2.52 bits per heavy atom. The number of aliphatic carboxylic acids is 1. The summed E-state index contributed by atoms with van der Waals surface area (Å²) in [4.78, 5) is 24.6. The molecule has 5 nitrogen and oxygen atoms in total. The maximum Gasteiger partial charge on any atom is 0.323 e. The Morgan fingerprint density at radius 2 is 2.00 bits per heavy atom. The first-order valence-electron chi connectivity index (χ1n) is 6.88. The fourth-order valence-corrected chi connectivity index (χ4v) is 2.30. The van der Waals surface area contributed by atoms with E-state index in [1.54, 1.807) is 19.1 Å². The molecule has 1 aromatic carbocycles. The number of ether oxygens (including phenoxy) is 1. The van der Waals surface area contributed by atoms with Gasteiger partial charge in [0.15, 0.2) is 6.10 Å². The van der Waals surface area contributed by atoms with Crippen LogP contribution in [0.5, 0.6) is 5.75 Å². The van der Waals surface area contributed by atoms with E-state index >= 15 is 0 Å². The second-order valence-corrected chi connectivity index (χ2v) is 6.19. The highest BCUT2D eigenvalue weighted by Crippen LogP contribution is 2.30. The van der Waals surface area contributed by atoms with E-state index < -0.39 is 12.1 Å². The molecule has 6 heteroatoms. The fourth-order valence-electron chi connectivity index (χ4n) is 2.03. The Bertz CT molecular complexity index is 513. The van der Waals surface area contributed by atoms with Crippen LogP contribution in [0.1, 0.15) is 19.8 Å². The van der Waals surface area contributed by atoms with Crippen LogP contribution < -0.4 is 4.74 Å². The van der Waals surface area contributed by atoms with Crippen molar-refractivity contribution in [2.24, 2.45) is 5.92 Å². The van der Waals surface area contributed by atoms with E-state index in [1.807, 2.05) is 12.1 Å². The van der Waals surface area contributed by atoms with Gasteiger partial charge in [-0.25, -0.2) is 0 Å². The van der Waals surface area contributed by atoms with E-state index in [4.69, 9.17) is 9.84 Å². The van der Waals surface area contributed by atoms with Crippen molar-refractivity contribution < 1.29 is 19.4 Å². The molecule has 0 radical (unpaired) electrons. The number of nitrogens with zero attached hydrogens (tertiary/aromatic N) is 1. The lowest BCUT2D eigenvalue weighted by Crippen LogP contribution is -2.44. The number of carbonyl (C=O) groups is 2. The SMILES string of the molecule is CC(Oc1ccc(Br)cc1)C(=O)N(CC(=O)O)CC1CC1. The Kier molecular flexibility index (Phi) is 5.22. The Hall–Kier alpha value is -1.56. The minimum atomic E-state index is -1.00. The monoisotopic (exact) mass is 355 g/mol. The van der Waals surface area contributed by atoms with Crippen LogP contribution >= 0.6 is 15.9 Å². The van der Waals surface area contributed by atoms with Crippen LogP contribution in [0.4, 0.5) is 0 Å². The third-order valence-corrected chi connectivity index (χ3v) is 3.82. The van der Waals surface area contributed by atoms with E-state index in [2.05, 4.69) is 15.9 Å². The van der Waals surface area contributed by atoms with Gasteiger partial charge in [-0.3, -0.25) is 9.59 Å². The van der Waals surface area contributed by atoms with Crippen molar-refractivity contribution in [3.05, 3.63) is 28.7 Å². The first kappa shape index (κ1) is 15.8. The molecule has 1 saturated carbocycles. The lowest BCUT2D eigenvalue weighted by molar-refractivity contribution is -0.147. The van der Waals surface area contributed by atoms with Crippen molar-refractivity contribution in [3.63, 3.8) is 0 Å². The van der Waals surface area contributed by atoms with Gasteiger partial charge in [-0.15, -0.1) is 0 Å². The summed E-state index contributed by atoms with van der Waals surface area (Å²) in [6.45, 7) is 1.87. The van der Waals surface area contributed by atoms with Gasteiger partial charge < -0.3 is 14.7 Å². The van der Waals surface area contributed by atoms with Gasteiger partial charge in [0.05, 0.1) is 0 Å². The molecule has 1 N–H and O–H groups in total. The highest BCUT2D eigenvalue weighted by molar-refractivity contribution is 9.10. The molecule has 1 aliphatic carbocycles. The number of carboxylic acid groups (broad SMARTS) is 1. The Morgan fingerprint density at radius 1 is 1.38 bits per heavy atom. The highest BCUT2D eigenvalue weighted by atomic mass is 79.9. The molecule has 0 heterocycles. The van der Waals surface area contributed by atoms with Crippen molar-refractivity contribution in [3.8, 4) is 5.75 Å². The zero-order valence-corrected chi connectivity index (χ0v) is 13.4. The number of rotatable bonds is 7. The van der Waals surface area contributed by atoms with Gasteiger partial charge in [-0.05, 0) is 49.9 Å². The molecule has 1 fully saturated rings. The fraction of sp³-hybridized carbons (Fsp3) is 0.467. The van der Waals surface area contributed by atoms with Crippen LogP contribution in [0.15, 0.2) is 28.7 Å². The second-order valence-electron chi connectivity index (χ2n) is 5.27. The second kappa shape index (κ2) is 6.93. The summed E-state index contributed by atoms with van der Waals surface area (Å²) >= 11 is 3.33. The van der Waals surface area contributed by atoms with E-state index in [1.165, 1.54) is 4.90 Å². The van der Waals surface area contributed by atoms with E-state index in [0.717, 1.165) is 17.3 Å². The zero-order valence-electron chi connectivity index (χ0n) is 11.8. The molecule has 1 aromatic rings. The average Bonchev–Trinajstić information content (AvgIpc) is 3.23. The Balaban J connectivity index is 1.97. The molecular formula is C15H18BrNO4. The van der Waals surface area contributed by atoms with Gasteiger partial charge in [0.2, 0.25) is 0 Å². The maximum absolute atomic E-state index is 12.3. The molecule has 1 atom stereocenters. The maximum atomic E-state index is 12.3. The largest absolute Gasteiger partial charge is 0.481 e. The lowest BCUT2D eigenvalue weighted by atomic mass is 10.2. The van der Waals surface area contributed by atoms with Crippen LogP contribution in [-0.2, 0) is 9.59 Å². The van der Waals surface area contributed by atoms with Crippen LogP contribution in [0, 0.1) is 5.92 Å². The lowest BCUT2D eigenvalue weighted by Gasteiger charge is -2.24. The molecule has 21 heavy (non-hydrogen) atoms. The number of benzene rings is 1. The van der Waals surface area contributed by atoms with E-state index in [-0.39, 0.29) is 12.5 Å². The third-order valence-electron chi connectivity index (χ3n) is 3.29. The molecule has 0 saturated heterocycles. The molecule has 2 rings (SSSR count).